The molecule has 3 rings (SSSR count). The molecule has 1 saturated heterocycles. The molecule has 0 spiro atoms. The zero-order valence-corrected chi connectivity index (χ0v) is 14.6. The van der Waals surface area contributed by atoms with Crippen LogP contribution in [0.2, 0.25) is 0 Å². The third-order valence-corrected chi connectivity index (χ3v) is 4.92. The number of morpholine rings is 1. The number of anilines is 1. The van der Waals surface area contributed by atoms with Gasteiger partial charge in [-0.05, 0) is 37.1 Å². The van der Waals surface area contributed by atoms with E-state index in [9.17, 15) is 9.59 Å². The third kappa shape index (κ3) is 5.19. The van der Waals surface area contributed by atoms with Crippen LogP contribution in [0.5, 0.6) is 0 Å². The molecule has 1 aromatic carbocycles. The summed E-state index contributed by atoms with van der Waals surface area (Å²) in [5.74, 6) is -0.0766. The Morgan fingerprint density at radius 2 is 1.72 bits per heavy atom. The van der Waals surface area contributed by atoms with Gasteiger partial charge in [0.05, 0.1) is 19.8 Å². The molecule has 25 heavy (non-hydrogen) atoms. The molecule has 6 heteroatoms. The Hall–Kier alpha value is -2.08. The van der Waals surface area contributed by atoms with E-state index in [-0.39, 0.29) is 24.4 Å². The monoisotopic (exact) mass is 345 g/mol. The van der Waals surface area contributed by atoms with E-state index < -0.39 is 0 Å². The fourth-order valence-corrected chi connectivity index (χ4v) is 3.43. The van der Waals surface area contributed by atoms with Gasteiger partial charge in [0, 0.05) is 30.4 Å². The average Bonchev–Trinajstić information content (AvgIpc) is 2.68. The lowest BCUT2D eigenvalue weighted by molar-refractivity contribution is 0.0992. The summed E-state index contributed by atoms with van der Waals surface area (Å²) in [7, 11) is 0. The highest BCUT2D eigenvalue weighted by atomic mass is 16.5. The molecular weight excluding hydrogens is 318 g/mol. The third-order valence-electron chi connectivity index (χ3n) is 4.92. The molecule has 2 aliphatic rings. The molecule has 2 N–H and O–H groups in total. The number of carbonyl (C=O) groups is 2. The summed E-state index contributed by atoms with van der Waals surface area (Å²) >= 11 is 0. The molecule has 0 aromatic heterocycles. The van der Waals surface area contributed by atoms with Crippen LogP contribution in [0.3, 0.4) is 0 Å². The van der Waals surface area contributed by atoms with Crippen molar-refractivity contribution in [1.29, 1.82) is 0 Å². The average molecular weight is 345 g/mol. The maximum absolute atomic E-state index is 12.3. The Morgan fingerprint density at radius 1 is 1.04 bits per heavy atom. The molecule has 2 amide bonds. The maximum Gasteiger partial charge on any atom is 0.315 e. The van der Waals surface area contributed by atoms with Crippen molar-refractivity contribution in [1.82, 2.24) is 10.6 Å². The van der Waals surface area contributed by atoms with Gasteiger partial charge in [0.25, 0.3) is 0 Å². The zero-order valence-electron chi connectivity index (χ0n) is 14.6. The Kier molecular flexibility index (Phi) is 6.28. The molecule has 0 atom stereocenters. The number of Topliss-reactive ketones (excluding diaryl/α,β-unsaturated/α-hetero) is 1. The molecule has 1 aromatic rings. The van der Waals surface area contributed by atoms with Gasteiger partial charge in [-0.2, -0.15) is 0 Å². The minimum absolute atomic E-state index is 0.0233. The highest BCUT2D eigenvalue weighted by molar-refractivity contribution is 5.99. The first-order valence-corrected chi connectivity index (χ1v) is 9.23. The molecule has 1 heterocycles. The first kappa shape index (κ1) is 17.7. The topological polar surface area (TPSA) is 70.7 Å². The Morgan fingerprint density at radius 3 is 2.40 bits per heavy atom. The largest absolute Gasteiger partial charge is 0.378 e. The fraction of sp³-hybridized carbons (Fsp3) is 0.579. The molecule has 1 aliphatic carbocycles. The second kappa shape index (κ2) is 8.85. The summed E-state index contributed by atoms with van der Waals surface area (Å²) in [6.45, 7) is 3.24. The van der Waals surface area contributed by atoms with Gasteiger partial charge in [0.15, 0.2) is 5.78 Å². The number of benzene rings is 1. The number of hydrogen-bond acceptors (Lipinski definition) is 4. The lowest BCUT2D eigenvalue weighted by Crippen LogP contribution is -2.44. The zero-order chi connectivity index (χ0) is 17.5. The number of nitrogens with zero attached hydrogens (tertiary/aromatic N) is 1. The summed E-state index contributed by atoms with van der Waals surface area (Å²) in [5.41, 5.74) is 1.72. The molecule has 2 fully saturated rings. The lowest BCUT2D eigenvalue weighted by Gasteiger charge is -2.28. The number of urea groups is 1. The number of amides is 2. The predicted octanol–water partition coefficient (Wildman–Crippen LogP) is 2.34. The maximum atomic E-state index is 12.3. The molecule has 0 unspecified atom stereocenters. The van der Waals surface area contributed by atoms with Crippen molar-refractivity contribution in [3.63, 3.8) is 0 Å². The van der Waals surface area contributed by atoms with Crippen LogP contribution in [0.4, 0.5) is 10.5 Å². The van der Waals surface area contributed by atoms with Crippen LogP contribution < -0.4 is 15.5 Å². The van der Waals surface area contributed by atoms with Crippen molar-refractivity contribution >= 4 is 17.5 Å². The molecule has 0 radical (unpaired) electrons. The molecule has 1 saturated carbocycles. The fourth-order valence-electron chi connectivity index (χ4n) is 3.43. The molecule has 0 bridgehead atoms. The highest BCUT2D eigenvalue weighted by Gasteiger charge is 2.16. The van der Waals surface area contributed by atoms with Gasteiger partial charge in [-0.3, -0.25) is 4.79 Å². The number of ketones is 1. The summed E-state index contributed by atoms with van der Waals surface area (Å²) in [6, 6.07) is 7.57. The van der Waals surface area contributed by atoms with E-state index >= 15 is 0 Å². The van der Waals surface area contributed by atoms with Crippen LogP contribution in [0, 0.1) is 0 Å². The summed E-state index contributed by atoms with van der Waals surface area (Å²) in [4.78, 5) is 26.4. The molecule has 1 aliphatic heterocycles. The van der Waals surface area contributed by atoms with Crippen molar-refractivity contribution in [2.75, 3.05) is 37.7 Å². The van der Waals surface area contributed by atoms with E-state index in [1.807, 2.05) is 24.3 Å². The number of ether oxygens (including phenoxy) is 1. The van der Waals surface area contributed by atoms with Crippen molar-refractivity contribution in [3.8, 4) is 0 Å². The van der Waals surface area contributed by atoms with Crippen molar-refractivity contribution in [2.45, 2.75) is 38.1 Å². The number of hydrogen-bond donors (Lipinski definition) is 2. The van der Waals surface area contributed by atoms with E-state index in [0.717, 1.165) is 44.8 Å². The van der Waals surface area contributed by atoms with E-state index in [0.29, 0.717) is 5.56 Å². The minimum atomic E-state index is -0.245. The predicted molar refractivity (Wildman–Crippen MR) is 97.2 cm³/mol. The Bertz CT molecular complexity index is 576. The number of nitrogens with one attached hydrogen (secondary N) is 2. The van der Waals surface area contributed by atoms with Gasteiger partial charge >= 0.3 is 6.03 Å². The number of rotatable bonds is 5. The standard InChI is InChI=1S/C19H27N3O3/c23-18(14-20-19(24)21-16-4-2-1-3-5-16)15-6-8-17(9-7-15)22-10-12-25-13-11-22/h6-9,16H,1-5,10-14H2,(H2,20,21,24). The molecular formula is C19H27N3O3. The van der Waals surface area contributed by atoms with Crippen LogP contribution in [0.25, 0.3) is 0 Å². The molecule has 136 valence electrons. The van der Waals surface area contributed by atoms with E-state index in [2.05, 4.69) is 15.5 Å². The van der Waals surface area contributed by atoms with Crippen molar-refractivity contribution < 1.29 is 14.3 Å². The van der Waals surface area contributed by atoms with Crippen LogP contribution in [-0.2, 0) is 4.74 Å². The summed E-state index contributed by atoms with van der Waals surface area (Å²) < 4.78 is 5.35. The minimum Gasteiger partial charge on any atom is -0.378 e. The summed E-state index contributed by atoms with van der Waals surface area (Å²) in [5, 5.41) is 5.64. The van der Waals surface area contributed by atoms with Crippen LogP contribution in [0.15, 0.2) is 24.3 Å². The Labute approximate surface area is 148 Å². The second-order valence-electron chi connectivity index (χ2n) is 6.73. The van der Waals surface area contributed by atoms with Crippen LogP contribution in [0.1, 0.15) is 42.5 Å². The van der Waals surface area contributed by atoms with Crippen molar-refractivity contribution in [2.24, 2.45) is 0 Å². The smallest absolute Gasteiger partial charge is 0.315 e. The normalized spacial score (nSPS) is 18.6. The molecule has 6 nitrogen and oxygen atoms in total. The van der Waals surface area contributed by atoms with Gasteiger partial charge in [-0.15, -0.1) is 0 Å². The van der Waals surface area contributed by atoms with E-state index in [1.165, 1.54) is 19.3 Å². The summed E-state index contributed by atoms with van der Waals surface area (Å²) in [6.07, 6.45) is 5.65. The Balaban J connectivity index is 1.45. The lowest BCUT2D eigenvalue weighted by atomic mass is 9.96. The van der Waals surface area contributed by atoms with Gasteiger partial charge in [-0.25, -0.2) is 4.79 Å². The van der Waals surface area contributed by atoms with Crippen molar-refractivity contribution in [3.05, 3.63) is 29.8 Å². The highest BCUT2D eigenvalue weighted by Crippen LogP contribution is 2.18. The second-order valence-corrected chi connectivity index (χ2v) is 6.73. The van der Waals surface area contributed by atoms with E-state index in [4.69, 9.17) is 4.74 Å². The van der Waals surface area contributed by atoms with Gasteiger partial charge < -0.3 is 20.3 Å². The quantitative estimate of drug-likeness (QED) is 0.804. The number of carbonyl (C=O) groups excluding carboxylic acids is 2. The first-order chi connectivity index (χ1) is 12.2. The first-order valence-electron chi connectivity index (χ1n) is 9.23. The van der Waals surface area contributed by atoms with Crippen LogP contribution >= 0.6 is 0 Å². The van der Waals surface area contributed by atoms with Gasteiger partial charge in [0.1, 0.15) is 0 Å². The SMILES string of the molecule is O=C(NCC(=O)c1ccc(N2CCOCC2)cc1)NC1CCCCC1. The van der Waals surface area contributed by atoms with E-state index in [1.54, 1.807) is 0 Å². The van der Waals surface area contributed by atoms with Gasteiger partial charge in [0.2, 0.25) is 0 Å². The van der Waals surface area contributed by atoms with Crippen LogP contribution in [-0.4, -0.2) is 50.7 Å². The van der Waals surface area contributed by atoms with Gasteiger partial charge in [-0.1, -0.05) is 19.3 Å².